The number of nitrogens with one attached hydrogen (secondary N) is 2. The fraction of sp³-hybridized carbons (Fsp3) is 0.263. The van der Waals surface area contributed by atoms with E-state index in [9.17, 15) is 9.59 Å². The minimum atomic E-state index is -0.668. The lowest BCUT2D eigenvalue weighted by Crippen LogP contribution is -2.35. The quantitative estimate of drug-likeness (QED) is 0.849. The highest BCUT2D eigenvalue weighted by molar-refractivity contribution is 6.39. The number of ether oxygens (including phenoxy) is 1. The van der Waals surface area contributed by atoms with E-state index in [2.05, 4.69) is 10.6 Å². The third-order valence-electron chi connectivity index (χ3n) is 3.73. The molecule has 0 saturated carbocycles. The number of hydrogen-bond donors (Lipinski definition) is 2. The van der Waals surface area contributed by atoms with Gasteiger partial charge in [0.25, 0.3) is 0 Å². The topological polar surface area (TPSA) is 67.4 Å². The molecule has 0 saturated heterocycles. The lowest BCUT2D eigenvalue weighted by Gasteiger charge is -2.13. The molecule has 2 aromatic carbocycles. The van der Waals surface area contributed by atoms with Crippen molar-refractivity contribution in [3.8, 4) is 5.75 Å². The van der Waals surface area contributed by atoms with Crippen LogP contribution in [0.4, 0.5) is 5.69 Å². The van der Waals surface area contributed by atoms with Crippen LogP contribution in [0.1, 0.15) is 22.3 Å². The second kappa shape index (κ2) is 7.64. The minimum Gasteiger partial charge on any atom is -0.497 e. The summed E-state index contributed by atoms with van der Waals surface area (Å²) in [6.07, 6.45) is 0. The second-order valence-corrected chi connectivity index (χ2v) is 5.76. The number of rotatable bonds is 4. The summed E-state index contributed by atoms with van der Waals surface area (Å²) in [5.74, 6) is -0.586. The molecule has 0 spiro atoms. The highest BCUT2D eigenvalue weighted by Crippen LogP contribution is 2.21. The first-order valence-electron chi connectivity index (χ1n) is 7.70. The minimum absolute atomic E-state index is 0.280. The Morgan fingerprint density at radius 2 is 1.54 bits per heavy atom. The van der Waals surface area contributed by atoms with E-state index in [1.165, 1.54) is 0 Å². The van der Waals surface area contributed by atoms with Crippen molar-refractivity contribution in [2.75, 3.05) is 12.4 Å². The van der Waals surface area contributed by atoms with E-state index >= 15 is 0 Å². The molecular formula is C19H22N2O3. The summed E-state index contributed by atoms with van der Waals surface area (Å²) in [5, 5.41) is 5.30. The maximum absolute atomic E-state index is 12.1. The average molecular weight is 326 g/mol. The Morgan fingerprint density at radius 3 is 2.08 bits per heavy atom. The van der Waals surface area contributed by atoms with Crippen LogP contribution in [-0.2, 0) is 16.1 Å². The van der Waals surface area contributed by atoms with E-state index in [1.54, 1.807) is 19.2 Å². The van der Waals surface area contributed by atoms with Crippen molar-refractivity contribution in [1.29, 1.82) is 0 Å². The zero-order valence-corrected chi connectivity index (χ0v) is 14.4. The predicted octanol–water partition coefficient (Wildman–Crippen LogP) is 2.88. The fourth-order valence-electron chi connectivity index (χ4n) is 2.55. The van der Waals surface area contributed by atoms with Gasteiger partial charge >= 0.3 is 11.8 Å². The third kappa shape index (κ3) is 4.35. The molecule has 2 aromatic rings. The summed E-state index contributed by atoms with van der Waals surface area (Å²) in [6, 6.07) is 11.2. The van der Waals surface area contributed by atoms with Crippen LogP contribution in [0.5, 0.6) is 5.75 Å². The number of carbonyl (C=O) groups excluding carboxylic acids is 2. The van der Waals surface area contributed by atoms with Crippen molar-refractivity contribution in [2.45, 2.75) is 27.3 Å². The molecule has 2 N–H and O–H groups in total. The third-order valence-corrected chi connectivity index (χ3v) is 3.73. The smallest absolute Gasteiger partial charge is 0.313 e. The number of methoxy groups -OCH3 is 1. The largest absolute Gasteiger partial charge is 0.497 e. The molecule has 2 rings (SSSR count). The second-order valence-electron chi connectivity index (χ2n) is 5.76. The maximum Gasteiger partial charge on any atom is 0.313 e. The molecule has 0 radical (unpaired) electrons. The molecular weight excluding hydrogens is 304 g/mol. The summed E-state index contributed by atoms with van der Waals surface area (Å²) in [4.78, 5) is 24.1. The number of carbonyl (C=O) groups is 2. The van der Waals surface area contributed by atoms with Gasteiger partial charge in [0, 0.05) is 12.2 Å². The summed E-state index contributed by atoms with van der Waals surface area (Å²) < 4.78 is 5.08. The van der Waals surface area contributed by atoms with Gasteiger partial charge in [-0.3, -0.25) is 9.59 Å². The molecule has 0 bridgehead atoms. The molecule has 2 amide bonds. The first kappa shape index (κ1) is 17.5. The van der Waals surface area contributed by atoms with E-state index in [0.29, 0.717) is 5.69 Å². The highest BCUT2D eigenvalue weighted by atomic mass is 16.5. The van der Waals surface area contributed by atoms with E-state index in [4.69, 9.17) is 4.74 Å². The zero-order chi connectivity index (χ0) is 17.7. The molecule has 0 fully saturated rings. The Labute approximate surface area is 142 Å². The Morgan fingerprint density at radius 1 is 0.958 bits per heavy atom. The zero-order valence-electron chi connectivity index (χ0n) is 14.4. The molecule has 126 valence electrons. The van der Waals surface area contributed by atoms with Gasteiger partial charge in [-0.2, -0.15) is 0 Å². The van der Waals surface area contributed by atoms with Crippen LogP contribution >= 0.6 is 0 Å². The number of anilines is 1. The van der Waals surface area contributed by atoms with Gasteiger partial charge in [-0.1, -0.05) is 29.8 Å². The van der Waals surface area contributed by atoms with Gasteiger partial charge in [0.2, 0.25) is 0 Å². The molecule has 0 heterocycles. The van der Waals surface area contributed by atoms with Gasteiger partial charge in [-0.15, -0.1) is 0 Å². The van der Waals surface area contributed by atoms with Gasteiger partial charge in [0.05, 0.1) is 7.11 Å². The highest BCUT2D eigenvalue weighted by Gasteiger charge is 2.15. The monoisotopic (exact) mass is 326 g/mol. The van der Waals surface area contributed by atoms with Crippen LogP contribution in [0.2, 0.25) is 0 Å². The normalized spacial score (nSPS) is 10.2. The van der Waals surface area contributed by atoms with Crippen molar-refractivity contribution < 1.29 is 14.3 Å². The molecule has 5 nitrogen and oxygen atoms in total. The van der Waals surface area contributed by atoms with Crippen molar-refractivity contribution in [1.82, 2.24) is 5.32 Å². The molecule has 0 aromatic heterocycles. The first-order chi connectivity index (χ1) is 11.4. The van der Waals surface area contributed by atoms with Gasteiger partial charge in [0.15, 0.2) is 0 Å². The molecule has 0 unspecified atom stereocenters. The molecule has 0 aliphatic rings. The standard InChI is InChI=1S/C19H22N2O3/c1-12-9-13(2)17(14(3)10-12)21-19(23)18(22)20-11-15-5-7-16(24-4)8-6-15/h5-10H,11H2,1-4H3,(H,20,22)(H,21,23). The van der Waals surface area contributed by atoms with Gasteiger partial charge in [0.1, 0.15) is 5.75 Å². The number of benzene rings is 2. The fourth-order valence-corrected chi connectivity index (χ4v) is 2.55. The number of amides is 2. The van der Waals surface area contributed by atoms with Gasteiger partial charge < -0.3 is 15.4 Å². The Bertz CT molecular complexity index is 729. The van der Waals surface area contributed by atoms with Crippen LogP contribution < -0.4 is 15.4 Å². The van der Waals surface area contributed by atoms with Crippen LogP contribution in [0, 0.1) is 20.8 Å². The van der Waals surface area contributed by atoms with Crippen molar-refractivity contribution in [3.05, 3.63) is 58.7 Å². The van der Waals surface area contributed by atoms with Crippen molar-refractivity contribution in [2.24, 2.45) is 0 Å². The Balaban J connectivity index is 1.96. The number of hydrogen-bond acceptors (Lipinski definition) is 3. The predicted molar refractivity (Wildman–Crippen MR) is 94.1 cm³/mol. The lowest BCUT2D eigenvalue weighted by atomic mass is 10.1. The summed E-state index contributed by atoms with van der Waals surface area (Å²) in [7, 11) is 1.59. The molecule has 5 heteroatoms. The van der Waals surface area contributed by atoms with E-state index in [0.717, 1.165) is 28.0 Å². The Hall–Kier alpha value is -2.82. The van der Waals surface area contributed by atoms with Gasteiger partial charge in [-0.05, 0) is 49.6 Å². The van der Waals surface area contributed by atoms with Crippen LogP contribution in [0.25, 0.3) is 0 Å². The first-order valence-corrected chi connectivity index (χ1v) is 7.70. The SMILES string of the molecule is COc1ccc(CNC(=O)C(=O)Nc2c(C)cc(C)cc2C)cc1. The molecule has 0 aliphatic carbocycles. The van der Waals surface area contributed by atoms with Crippen molar-refractivity contribution >= 4 is 17.5 Å². The number of aryl methyl sites for hydroxylation is 3. The molecule has 24 heavy (non-hydrogen) atoms. The molecule has 0 aliphatic heterocycles. The summed E-state index contributed by atoms with van der Waals surface area (Å²) >= 11 is 0. The van der Waals surface area contributed by atoms with Crippen LogP contribution in [0.15, 0.2) is 36.4 Å². The molecule has 0 atom stereocenters. The Kier molecular flexibility index (Phi) is 5.58. The van der Waals surface area contributed by atoms with E-state index < -0.39 is 11.8 Å². The maximum atomic E-state index is 12.1. The van der Waals surface area contributed by atoms with E-state index in [-0.39, 0.29) is 6.54 Å². The summed E-state index contributed by atoms with van der Waals surface area (Å²) in [6.45, 7) is 6.09. The average Bonchev–Trinajstić information content (AvgIpc) is 2.56. The summed E-state index contributed by atoms with van der Waals surface area (Å²) in [5.41, 5.74) is 4.56. The van der Waals surface area contributed by atoms with Crippen LogP contribution in [0.3, 0.4) is 0 Å². The lowest BCUT2D eigenvalue weighted by molar-refractivity contribution is -0.136. The van der Waals surface area contributed by atoms with E-state index in [1.807, 2.05) is 45.0 Å². The van der Waals surface area contributed by atoms with Crippen LogP contribution in [-0.4, -0.2) is 18.9 Å². The van der Waals surface area contributed by atoms with Crippen molar-refractivity contribution in [3.63, 3.8) is 0 Å². The van der Waals surface area contributed by atoms with Gasteiger partial charge in [-0.25, -0.2) is 0 Å².